The molecule has 1 aliphatic heterocycles. The molecule has 2 N–H and O–H groups in total. The summed E-state index contributed by atoms with van der Waals surface area (Å²) < 4.78 is 0. The van der Waals surface area contributed by atoms with Gasteiger partial charge in [-0.05, 0) is 25.5 Å². The second kappa shape index (κ2) is 6.92. The molecule has 2 rings (SSSR count). The summed E-state index contributed by atoms with van der Waals surface area (Å²) in [7, 11) is 1.57. The number of carbonyl (C=O) groups is 1. The Hall–Kier alpha value is -0.880. The molecule has 1 saturated heterocycles. The van der Waals surface area contributed by atoms with Crippen LogP contribution in [0.25, 0.3) is 0 Å². The van der Waals surface area contributed by atoms with E-state index in [0.717, 1.165) is 18.7 Å². The number of amides is 1. The summed E-state index contributed by atoms with van der Waals surface area (Å²) in [6, 6.07) is 1.66. The zero-order chi connectivity index (χ0) is 15.5. The van der Waals surface area contributed by atoms with E-state index in [1.165, 1.54) is 0 Å². The lowest BCUT2D eigenvalue weighted by Crippen LogP contribution is -2.50. The van der Waals surface area contributed by atoms with Crippen LogP contribution in [0, 0.1) is 0 Å². The highest BCUT2D eigenvalue weighted by molar-refractivity contribution is 6.34. The number of pyridine rings is 1. The number of piperidine rings is 1. The molecule has 1 fully saturated rings. The molecule has 2 heterocycles. The van der Waals surface area contributed by atoms with Gasteiger partial charge in [-0.2, -0.15) is 0 Å². The lowest BCUT2D eigenvalue weighted by molar-refractivity contribution is -0.128. The van der Waals surface area contributed by atoms with Crippen molar-refractivity contribution in [3.8, 4) is 0 Å². The fraction of sp³-hybridized carbons (Fsp3) is 0.571. The van der Waals surface area contributed by atoms with Gasteiger partial charge in [0.05, 0.1) is 27.8 Å². The second-order valence-electron chi connectivity index (χ2n) is 5.47. The molecule has 1 aliphatic rings. The van der Waals surface area contributed by atoms with Crippen LogP contribution < -0.4 is 5.32 Å². The monoisotopic (exact) mass is 331 g/mol. The van der Waals surface area contributed by atoms with Gasteiger partial charge in [0.25, 0.3) is 0 Å². The van der Waals surface area contributed by atoms with Gasteiger partial charge >= 0.3 is 0 Å². The predicted molar refractivity (Wildman–Crippen MR) is 82.4 cm³/mol. The number of nitrogens with one attached hydrogen (secondary N) is 1. The van der Waals surface area contributed by atoms with Crippen LogP contribution in [0.15, 0.2) is 12.3 Å². The zero-order valence-corrected chi connectivity index (χ0v) is 13.4. The Morgan fingerprint density at radius 3 is 3.00 bits per heavy atom. The summed E-state index contributed by atoms with van der Waals surface area (Å²) in [6.45, 7) is 1.81. The minimum absolute atomic E-state index is 0.113. The van der Waals surface area contributed by atoms with Gasteiger partial charge in [-0.25, -0.2) is 0 Å². The van der Waals surface area contributed by atoms with Crippen LogP contribution in [0.5, 0.6) is 0 Å². The fourth-order valence-electron chi connectivity index (χ4n) is 2.64. The molecule has 1 aromatic rings. The minimum atomic E-state index is -0.989. The van der Waals surface area contributed by atoms with E-state index in [1.807, 2.05) is 0 Å². The number of hydrogen-bond donors (Lipinski definition) is 2. The van der Waals surface area contributed by atoms with E-state index in [4.69, 9.17) is 23.2 Å². The van der Waals surface area contributed by atoms with Gasteiger partial charge < -0.3 is 10.4 Å². The van der Waals surface area contributed by atoms with Crippen molar-refractivity contribution in [2.75, 3.05) is 20.1 Å². The highest BCUT2D eigenvalue weighted by Gasteiger charge is 2.35. The molecule has 0 aromatic carbocycles. The Labute approximate surface area is 134 Å². The molecular formula is C14H19Cl2N3O2. The van der Waals surface area contributed by atoms with Crippen molar-refractivity contribution in [1.29, 1.82) is 0 Å². The second-order valence-corrected chi connectivity index (χ2v) is 6.31. The maximum absolute atomic E-state index is 11.5. The van der Waals surface area contributed by atoms with E-state index in [0.29, 0.717) is 29.6 Å². The third-order valence-corrected chi connectivity index (χ3v) is 4.19. The van der Waals surface area contributed by atoms with E-state index in [-0.39, 0.29) is 12.3 Å². The number of halogens is 2. The molecule has 0 saturated carbocycles. The quantitative estimate of drug-likeness (QED) is 0.883. The van der Waals surface area contributed by atoms with Crippen LogP contribution in [0.4, 0.5) is 0 Å². The molecule has 1 aromatic heterocycles. The highest BCUT2D eigenvalue weighted by Crippen LogP contribution is 2.27. The Morgan fingerprint density at radius 2 is 2.33 bits per heavy atom. The maximum Gasteiger partial charge on any atom is 0.222 e. The number of rotatable bonds is 4. The number of aliphatic hydroxyl groups is 1. The van der Waals surface area contributed by atoms with Crippen molar-refractivity contribution in [2.24, 2.45) is 0 Å². The standard InChI is InChI=1S/C14H19Cl2N3O2/c1-17-13(20)6-14(21)3-2-4-19(9-14)8-12-11(16)5-10(15)7-18-12/h5,7,21H,2-4,6,8-9H2,1H3,(H,17,20). The SMILES string of the molecule is CNC(=O)CC1(O)CCCN(Cc2ncc(Cl)cc2Cl)C1. The number of aromatic nitrogens is 1. The number of carbonyl (C=O) groups excluding carboxylic acids is 1. The van der Waals surface area contributed by atoms with E-state index in [2.05, 4.69) is 15.2 Å². The molecule has 21 heavy (non-hydrogen) atoms. The Morgan fingerprint density at radius 1 is 1.57 bits per heavy atom. The van der Waals surface area contributed by atoms with Gasteiger partial charge in [0.2, 0.25) is 5.91 Å². The molecule has 7 heteroatoms. The van der Waals surface area contributed by atoms with Gasteiger partial charge in [0.1, 0.15) is 0 Å². The Bertz CT molecular complexity index is 527. The van der Waals surface area contributed by atoms with Gasteiger partial charge in [-0.1, -0.05) is 23.2 Å². The first-order valence-corrected chi connectivity index (χ1v) is 7.63. The third-order valence-electron chi connectivity index (χ3n) is 3.66. The van der Waals surface area contributed by atoms with E-state index < -0.39 is 5.60 Å². The summed E-state index contributed by atoms with van der Waals surface area (Å²) in [5, 5.41) is 14.1. The molecule has 116 valence electrons. The van der Waals surface area contributed by atoms with Gasteiger partial charge in [-0.15, -0.1) is 0 Å². The van der Waals surface area contributed by atoms with Crippen molar-refractivity contribution in [1.82, 2.24) is 15.2 Å². The highest BCUT2D eigenvalue weighted by atomic mass is 35.5. The fourth-order valence-corrected chi connectivity index (χ4v) is 3.08. The summed E-state index contributed by atoms with van der Waals surface area (Å²) in [4.78, 5) is 17.8. The van der Waals surface area contributed by atoms with E-state index in [9.17, 15) is 9.90 Å². The normalized spacial score (nSPS) is 23.0. The van der Waals surface area contributed by atoms with Crippen LogP contribution in [-0.4, -0.2) is 46.6 Å². The molecule has 0 spiro atoms. The predicted octanol–water partition coefficient (Wildman–Crippen LogP) is 1.85. The van der Waals surface area contributed by atoms with Gasteiger partial charge in [0.15, 0.2) is 0 Å². The zero-order valence-electron chi connectivity index (χ0n) is 11.9. The Kier molecular flexibility index (Phi) is 5.43. The van der Waals surface area contributed by atoms with Crippen LogP contribution >= 0.6 is 23.2 Å². The van der Waals surface area contributed by atoms with Crippen molar-refractivity contribution < 1.29 is 9.90 Å². The smallest absolute Gasteiger partial charge is 0.222 e. The summed E-state index contributed by atoms with van der Waals surface area (Å²) >= 11 is 12.0. The van der Waals surface area contributed by atoms with Gasteiger partial charge in [-0.3, -0.25) is 14.7 Å². The minimum Gasteiger partial charge on any atom is -0.388 e. The van der Waals surface area contributed by atoms with Crippen LogP contribution in [0.3, 0.4) is 0 Å². The average molecular weight is 332 g/mol. The van der Waals surface area contributed by atoms with Crippen molar-refractivity contribution in [3.63, 3.8) is 0 Å². The average Bonchev–Trinajstić information content (AvgIpc) is 2.41. The van der Waals surface area contributed by atoms with Crippen LogP contribution in [0.2, 0.25) is 10.0 Å². The van der Waals surface area contributed by atoms with Crippen molar-refractivity contribution in [3.05, 3.63) is 28.0 Å². The first-order chi connectivity index (χ1) is 9.92. The summed E-state index contributed by atoms with van der Waals surface area (Å²) in [5.74, 6) is -0.151. The largest absolute Gasteiger partial charge is 0.388 e. The van der Waals surface area contributed by atoms with Crippen molar-refractivity contribution in [2.45, 2.75) is 31.4 Å². The summed E-state index contributed by atoms with van der Waals surface area (Å²) in [5.41, 5.74) is -0.262. The molecule has 0 bridgehead atoms. The topological polar surface area (TPSA) is 65.5 Å². The number of β-amino-alcohol motifs (C(OH)–C–C–N with tert-alkyl or cyclic N) is 1. The van der Waals surface area contributed by atoms with E-state index >= 15 is 0 Å². The summed E-state index contributed by atoms with van der Waals surface area (Å²) in [6.07, 6.45) is 3.13. The third kappa shape index (κ3) is 4.54. The molecule has 0 radical (unpaired) electrons. The molecule has 1 atom stereocenters. The molecule has 5 nitrogen and oxygen atoms in total. The lowest BCUT2D eigenvalue weighted by Gasteiger charge is -2.38. The molecule has 1 amide bonds. The maximum atomic E-state index is 11.5. The van der Waals surface area contributed by atoms with E-state index in [1.54, 1.807) is 19.3 Å². The molecular weight excluding hydrogens is 313 g/mol. The molecule has 0 aliphatic carbocycles. The Balaban J connectivity index is 2.02. The van der Waals surface area contributed by atoms with Crippen LogP contribution in [-0.2, 0) is 11.3 Å². The first-order valence-electron chi connectivity index (χ1n) is 6.87. The van der Waals surface area contributed by atoms with Crippen LogP contribution in [0.1, 0.15) is 25.0 Å². The van der Waals surface area contributed by atoms with Crippen molar-refractivity contribution >= 4 is 29.1 Å². The first kappa shape index (κ1) is 16.5. The molecule has 1 unspecified atom stereocenters. The number of likely N-dealkylation sites (tertiary alicyclic amines) is 1. The lowest BCUT2D eigenvalue weighted by atomic mass is 9.89. The number of hydrogen-bond acceptors (Lipinski definition) is 4. The van der Waals surface area contributed by atoms with Gasteiger partial charge in [0, 0.05) is 26.3 Å². The number of nitrogens with zero attached hydrogens (tertiary/aromatic N) is 2.